The smallest absolute Gasteiger partial charge is 0.308 e. The highest BCUT2D eigenvalue weighted by molar-refractivity contribution is 5.67. The predicted octanol–water partition coefficient (Wildman–Crippen LogP) is 1.64. The van der Waals surface area contributed by atoms with Gasteiger partial charge in [0.2, 0.25) is 0 Å². The summed E-state index contributed by atoms with van der Waals surface area (Å²) in [6, 6.07) is 0. The fourth-order valence-electron chi connectivity index (χ4n) is 1.37. The van der Waals surface area contributed by atoms with Crippen molar-refractivity contribution < 1.29 is 9.53 Å². The maximum Gasteiger partial charge on any atom is 0.308 e. The zero-order chi connectivity index (χ0) is 7.84. The summed E-state index contributed by atoms with van der Waals surface area (Å²) in [5, 5.41) is 0. The molecule has 2 heteroatoms. The van der Waals surface area contributed by atoms with Crippen LogP contribution in [0.15, 0.2) is 24.0 Å². The number of hydrogen-bond acceptors (Lipinski definition) is 2. The van der Waals surface area contributed by atoms with Gasteiger partial charge in [0, 0.05) is 6.92 Å². The standard InChI is InChI=1S/C9H10O2/c1-6(10)11-9-3-2-7-4-8(7)5-9/h2-3,5,7-8H,4H2,1H3. The molecule has 0 spiro atoms. The lowest BCUT2D eigenvalue weighted by molar-refractivity contribution is -0.136. The van der Waals surface area contributed by atoms with E-state index in [9.17, 15) is 4.79 Å². The van der Waals surface area contributed by atoms with E-state index in [4.69, 9.17) is 4.74 Å². The number of ether oxygens (including phenoxy) is 1. The van der Waals surface area contributed by atoms with Crippen LogP contribution in [0.25, 0.3) is 0 Å². The first-order valence-electron chi connectivity index (χ1n) is 3.84. The van der Waals surface area contributed by atoms with Crippen molar-refractivity contribution in [2.75, 3.05) is 0 Å². The topological polar surface area (TPSA) is 26.3 Å². The summed E-state index contributed by atoms with van der Waals surface area (Å²) in [6.07, 6.45) is 7.26. The Bertz CT molecular complexity index is 250. The van der Waals surface area contributed by atoms with Crippen molar-refractivity contribution in [1.82, 2.24) is 0 Å². The monoisotopic (exact) mass is 150 g/mol. The molecule has 2 atom stereocenters. The molecular formula is C9H10O2. The maximum absolute atomic E-state index is 10.5. The van der Waals surface area contributed by atoms with Crippen LogP contribution in [0.1, 0.15) is 13.3 Å². The molecule has 0 radical (unpaired) electrons. The van der Waals surface area contributed by atoms with Crippen molar-refractivity contribution in [1.29, 1.82) is 0 Å². The van der Waals surface area contributed by atoms with Crippen LogP contribution in [0.5, 0.6) is 0 Å². The van der Waals surface area contributed by atoms with Gasteiger partial charge < -0.3 is 4.74 Å². The lowest BCUT2D eigenvalue weighted by Crippen LogP contribution is -1.99. The van der Waals surface area contributed by atoms with Gasteiger partial charge in [-0.25, -0.2) is 0 Å². The van der Waals surface area contributed by atoms with E-state index in [-0.39, 0.29) is 5.97 Å². The first-order chi connectivity index (χ1) is 5.25. The number of rotatable bonds is 1. The number of carbonyl (C=O) groups excluding carboxylic acids is 1. The van der Waals surface area contributed by atoms with Gasteiger partial charge in [-0.3, -0.25) is 4.79 Å². The van der Waals surface area contributed by atoms with Gasteiger partial charge in [-0.15, -0.1) is 0 Å². The SMILES string of the molecule is CC(=O)OC1=CC2CC2C=C1. The van der Waals surface area contributed by atoms with Crippen molar-refractivity contribution in [3.8, 4) is 0 Å². The fraction of sp³-hybridized carbons (Fsp3) is 0.444. The molecule has 1 fully saturated rings. The molecule has 2 aliphatic carbocycles. The minimum Gasteiger partial charge on any atom is -0.427 e. The lowest BCUT2D eigenvalue weighted by atomic mass is 10.2. The van der Waals surface area contributed by atoms with E-state index in [1.807, 2.05) is 12.2 Å². The van der Waals surface area contributed by atoms with E-state index < -0.39 is 0 Å². The molecule has 0 heterocycles. The third-order valence-corrected chi connectivity index (χ3v) is 2.04. The summed E-state index contributed by atoms with van der Waals surface area (Å²) in [6.45, 7) is 1.42. The summed E-state index contributed by atoms with van der Waals surface area (Å²) >= 11 is 0. The van der Waals surface area contributed by atoms with Crippen LogP contribution in [0.3, 0.4) is 0 Å². The molecule has 2 aliphatic rings. The van der Waals surface area contributed by atoms with E-state index in [2.05, 4.69) is 6.08 Å². The Hall–Kier alpha value is -1.05. The van der Waals surface area contributed by atoms with E-state index in [0.717, 1.165) is 11.7 Å². The summed E-state index contributed by atoms with van der Waals surface area (Å²) in [5.74, 6) is 1.86. The second-order valence-electron chi connectivity index (χ2n) is 3.09. The van der Waals surface area contributed by atoms with Crippen LogP contribution in [-0.4, -0.2) is 5.97 Å². The normalized spacial score (nSPS) is 32.3. The predicted molar refractivity (Wildman–Crippen MR) is 40.6 cm³/mol. The Balaban J connectivity index is 2.04. The second kappa shape index (κ2) is 2.22. The van der Waals surface area contributed by atoms with E-state index in [0.29, 0.717) is 5.92 Å². The first-order valence-corrected chi connectivity index (χ1v) is 3.84. The van der Waals surface area contributed by atoms with Crippen molar-refractivity contribution in [2.45, 2.75) is 13.3 Å². The molecule has 0 aromatic carbocycles. The highest BCUT2D eigenvalue weighted by atomic mass is 16.5. The van der Waals surface area contributed by atoms with Crippen LogP contribution < -0.4 is 0 Å². The van der Waals surface area contributed by atoms with E-state index >= 15 is 0 Å². The molecule has 2 rings (SSSR count). The highest BCUT2D eigenvalue weighted by Gasteiger charge is 2.35. The van der Waals surface area contributed by atoms with Gasteiger partial charge in [0.05, 0.1) is 0 Å². The van der Waals surface area contributed by atoms with Crippen LogP contribution in [0, 0.1) is 11.8 Å². The molecule has 58 valence electrons. The van der Waals surface area contributed by atoms with Gasteiger partial charge in [-0.1, -0.05) is 6.08 Å². The van der Waals surface area contributed by atoms with Gasteiger partial charge in [0.15, 0.2) is 0 Å². The third-order valence-electron chi connectivity index (χ3n) is 2.04. The Labute approximate surface area is 65.5 Å². The number of fused-ring (bicyclic) bond motifs is 1. The highest BCUT2D eigenvalue weighted by Crippen LogP contribution is 2.44. The van der Waals surface area contributed by atoms with Gasteiger partial charge in [-0.05, 0) is 30.4 Å². The van der Waals surface area contributed by atoms with E-state index in [1.54, 1.807) is 0 Å². The summed E-state index contributed by atoms with van der Waals surface area (Å²) in [7, 11) is 0. The zero-order valence-electron chi connectivity index (χ0n) is 6.41. The molecule has 2 unspecified atom stereocenters. The average Bonchev–Trinajstić information content (AvgIpc) is 2.63. The van der Waals surface area contributed by atoms with Crippen LogP contribution >= 0.6 is 0 Å². The number of esters is 1. The molecule has 0 aliphatic heterocycles. The number of hydrogen-bond donors (Lipinski definition) is 0. The molecular weight excluding hydrogens is 140 g/mol. The number of carbonyl (C=O) groups is 1. The Kier molecular flexibility index (Phi) is 1.34. The molecule has 0 N–H and O–H groups in total. The van der Waals surface area contributed by atoms with Crippen LogP contribution in [0.2, 0.25) is 0 Å². The molecule has 0 aromatic heterocycles. The summed E-state index contributed by atoms with van der Waals surface area (Å²) in [5.41, 5.74) is 0. The third kappa shape index (κ3) is 1.34. The van der Waals surface area contributed by atoms with Gasteiger partial charge >= 0.3 is 5.97 Å². The zero-order valence-corrected chi connectivity index (χ0v) is 6.41. The minimum absolute atomic E-state index is 0.236. The molecule has 0 amide bonds. The molecule has 0 aromatic rings. The van der Waals surface area contributed by atoms with Crippen molar-refractivity contribution in [3.05, 3.63) is 24.0 Å². The quantitative estimate of drug-likeness (QED) is 0.531. The summed E-state index contributed by atoms with van der Waals surface area (Å²) < 4.78 is 4.92. The molecule has 0 saturated heterocycles. The minimum atomic E-state index is -0.236. The largest absolute Gasteiger partial charge is 0.427 e. The van der Waals surface area contributed by atoms with E-state index in [1.165, 1.54) is 13.3 Å². The maximum atomic E-state index is 10.5. The van der Waals surface area contributed by atoms with Crippen molar-refractivity contribution in [2.24, 2.45) is 11.8 Å². The van der Waals surface area contributed by atoms with Gasteiger partial charge in [0.1, 0.15) is 5.76 Å². The molecule has 2 nitrogen and oxygen atoms in total. The molecule has 0 bridgehead atoms. The lowest BCUT2D eigenvalue weighted by Gasteiger charge is -2.04. The fourth-order valence-corrected chi connectivity index (χ4v) is 1.37. The first kappa shape index (κ1) is 6.65. The Morgan fingerprint density at radius 1 is 1.64 bits per heavy atom. The van der Waals surface area contributed by atoms with Crippen molar-refractivity contribution in [3.63, 3.8) is 0 Å². The molecule has 11 heavy (non-hydrogen) atoms. The number of allylic oxidation sites excluding steroid dienone is 3. The molecule has 1 saturated carbocycles. The Morgan fingerprint density at radius 2 is 2.45 bits per heavy atom. The summed E-state index contributed by atoms with van der Waals surface area (Å²) in [4.78, 5) is 10.5. The van der Waals surface area contributed by atoms with Crippen LogP contribution in [0.4, 0.5) is 0 Å². The van der Waals surface area contributed by atoms with Gasteiger partial charge in [0.25, 0.3) is 0 Å². The van der Waals surface area contributed by atoms with Crippen LogP contribution in [-0.2, 0) is 9.53 Å². The van der Waals surface area contributed by atoms with Crippen molar-refractivity contribution >= 4 is 5.97 Å². The van der Waals surface area contributed by atoms with Gasteiger partial charge in [-0.2, -0.15) is 0 Å². The average molecular weight is 150 g/mol. The Morgan fingerprint density at radius 3 is 3.09 bits per heavy atom. The second-order valence-corrected chi connectivity index (χ2v) is 3.09.